The van der Waals surface area contributed by atoms with Crippen molar-refractivity contribution in [3.05, 3.63) is 18.2 Å². The fourth-order valence-electron chi connectivity index (χ4n) is 1.97. The Kier molecular flexibility index (Phi) is 6.58. The number of carbonyl (C=O) groups excluding carboxylic acids is 1. The van der Waals surface area contributed by atoms with Gasteiger partial charge in [0.05, 0.1) is 6.33 Å². The van der Waals surface area contributed by atoms with Gasteiger partial charge in [0, 0.05) is 12.3 Å². The van der Waals surface area contributed by atoms with E-state index in [1.54, 1.807) is 18.8 Å². The SMILES string of the molecule is O=[C-]c1cn(C2CCCCC2)cn1.[Li+].[OH-]. The number of hydrogen-bond donors (Lipinski definition) is 0. The zero-order valence-electron chi connectivity index (χ0n) is 9.02. The number of hydrogen-bond acceptors (Lipinski definition) is 3. The zero-order valence-corrected chi connectivity index (χ0v) is 9.02. The average molecular weight is 201 g/mol. The van der Waals surface area contributed by atoms with Gasteiger partial charge in [0.2, 0.25) is 0 Å². The van der Waals surface area contributed by atoms with Crippen molar-refractivity contribution in [3.8, 4) is 0 Å². The second-order valence-corrected chi connectivity index (χ2v) is 3.60. The number of rotatable bonds is 2. The predicted molar refractivity (Wildman–Crippen MR) is 51.1 cm³/mol. The molecule has 0 saturated heterocycles. The summed E-state index contributed by atoms with van der Waals surface area (Å²) < 4.78 is 2.05. The van der Waals surface area contributed by atoms with Crippen molar-refractivity contribution in [2.24, 2.45) is 0 Å². The first-order valence-corrected chi connectivity index (χ1v) is 4.82. The Bertz CT molecular complexity index is 295. The minimum absolute atomic E-state index is 0. The van der Waals surface area contributed by atoms with Crippen molar-refractivity contribution in [3.63, 3.8) is 0 Å². The molecule has 0 spiro atoms. The second kappa shape index (κ2) is 6.84. The Labute approximate surface area is 102 Å². The molecule has 0 aromatic carbocycles. The molecular weight excluding hydrogens is 187 g/mol. The average Bonchev–Trinajstić information content (AvgIpc) is 2.67. The molecular formula is C10H14LiN2O2-. The van der Waals surface area contributed by atoms with Gasteiger partial charge in [-0.15, -0.1) is 6.20 Å². The summed E-state index contributed by atoms with van der Waals surface area (Å²) in [6.07, 6.45) is 11.7. The van der Waals surface area contributed by atoms with Gasteiger partial charge in [-0.2, -0.15) is 0 Å². The third-order valence-corrected chi connectivity index (χ3v) is 2.70. The van der Waals surface area contributed by atoms with E-state index in [1.165, 1.54) is 32.1 Å². The molecule has 1 N–H and O–H groups in total. The van der Waals surface area contributed by atoms with Crippen molar-refractivity contribution < 1.29 is 29.1 Å². The Balaban J connectivity index is 0.000000980. The number of nitrogens with zero attached hydrogens (tertiary/aromatic N) is 2. The molecule has 1 fully saturated rings. The van der Waals surface area contributed by atoms with Crippen LogP contribution in [0.5, 0.6) is 0 Å². The van der Waals surface area contributed by atoms with Crippen molar-refractivity contribution in [1.29, 1.82) is 0 Å². The van der Waals surface area contributed by atoms with Crippen LogP contribution in [0.4, 0.5) is 0 Å². The molecule has 0 atom stereocenters. The van der Waals surface area contributed by atoms with Crippen LogP contribution >= 0.6 is 0 Å². The summed E-state index contributed by atoms with van der Waals surface area (Å²) in [5.74, 6) is 0. The fourth-order valence-corrected chi connectivity index (χ4v) is 1.97. The van der Waals surface area contributed by atoms with Crippen molar-refractivity contribution in [1.82, 2.24) is 9.55 Å². The molecule has 1 aromatic rings. The molecule has 0 unspecified atom stereocenters. The van der Waals surface area contributed by atoms with E-state index in [9.17, 15) is 4.79 Å². The molecule has 1 saturated carbocycles. The van der Waals surface area contributed by atoms with Crippen LogP contribution in [-0.2, 0) is 4.79 Å². The van der Waals surface area contributed by atoms with Crippen molar-refractivity contribution >= 4 is 6.29 Å². The second-order valence-electron chi connectivity index (χ2n) is 3.60. The molecule has 1 aromatic heterocycles. The van der Waals surface area contributed by atoms with Crippen LogP contribution < -0.4 is 18.9 Å². The van der Waals surface area contributed by atoms with Gasteiger partial charge < -0.3 is 14.8 Å². The molecule has 0 radical (unpaired) electrons. The van der Waals surface area contributed by atoms with E-state index in [1.807, 2.05) is 0 Å². The van der Waals surface area contributed by atoms with Crippen LogP contribution in [0.15, 0.2) is 12.5 Å². The maximum absolute atomic E-state index is 10.3. The van der Waals surface area contributed by atoms with Crippen LogP contribution in [0.3, 0.4) is 0 Å². The molecule has 1 aliphatic carbocycles. The predicted octanol–water partition coefficient (Wildman–Crippen LogP) is -1.33. The molecule has 2 rings (SSSR count). The number of imidazole rings is 1. The minimum atomic E-state index is 0. The molecule has 4 nitrogen and oxygen atoms in total. The van der Waals surface area contributed by atoms with Crippen molar-refractivity contribution in [2.75, 3.05) is 0 Å². The van der Waals surface area contributed by atoms with Crippen LogP contribution in [0, 0.1) is 0 Å². The minimum Gasteiger partial charge on any atom is -0.870 e. The Morgan fingerprint density at radius 2 is 2.00 bits per heavy atom. The molecule has 15 heavy (non-hydrogen) atoms. The van der Waals surface area contributed by atoms with Gasteiger partial charge in [-0.1, -0.05) is 19.3 Å². The van der Waals surface area contributed by atoms with E-state index in [4.69, 9.17) is 0 Å². The van der Waals surface area contributed by atoms with Crippen LogP contribution in [0.2, 0.25) is 0 Å². The maximum atomic E-state index is 10.3. The molecule has 1 heterocycles. The summed E-state index contributed by atoms with van der Waals surface area (Å²) in [4.78, 5) is 14.3. The zero-order chi connectivity index (χ0) is 9.10. The van der Waals surface area contributed by atoms with Gasteiger partial charge in [-0.3, -0.25) is 4.98 Å². The Morgan fingerprint density at radius 1 is 1.33 bits per heavy atom. The monoisotopic (exact) mass is 201 g/mol. The van der Waals surface area contributed by atoms with E-state index in [0.717, 1.165) is 0 Å². The van der Waals surface area contributed by atoms with E-state index >= 15 is 0 Å². The normalized spacial score (nSPS) is 16.3. The molecule has 0 bridgehead atoms. The summed E-state index contributed by atoms with van der Waals surface area (Å²) in [6, 6.07) is 0.559. The van der Waals surface area contributed by atoms with Gasteiger partial charge in [-0.25, -0.2) is 0 Å². The van der Waals surface area contributed by atoms with Crippen LogP contribution in [0.25, 0.3) is 0 Å². The fraction of sp³-hybridized carbons (Fsp3) is 0.600. The van der Waals surface area contributed by atoms with Gasteiger partial charge in [0.15, 0.2) is 0 Å². The quantitative estimate of drug-likeness (QED) is 0.440. The van der Waals surface area contributed by atoms with Crippen LogP contribution in [-0.4, -0.2) is 21.3 Å². The topological polar surface area (TPSA) is 64.9 Å². The Hall–Kier alpha value is -0.563. The first-order chi connectivity index (χ1) is 6.40. The van der Waals surface area contributed by atoms with Crippen LogP contribution in [0.1, 0.15) is 43.8 Å². The van der Waals surface area contributed by atoms with Gasteiger partial charge in [-0.05, 0) is 18.5 Å². The third kappa shape index (κ3) is 3.49. The summed E-state index contributed by atoms with van der Waals surface area (Å²) in [5, 5.41) is 0. The van der Waals surface area contributed by atoms with Gasteiger partial charge >= 0.3 is 18.9 Å². The van der Waals surface area contributed by atoms with E-state index in [-0.39, 0.29) is 24.3 Å². The molecule has 78 valence electrons. The first kappa shape index (κ1) is 14.4. The molecule has 1 aliphatic rings. The van der Waals surface area contributed by atoms with Gasteiger partial charge in [0.1, 0.15) is 0 Å². The summed E-state index contributed by atoms with van der Waals surface area (Å²) in [6.45, 7) is 0. The number of aromatic nitrogens is 2. The largest absolute Gasteiger partial charge is 1.00 e. The Morgan fingerprint density at radius 3 is 2.53 bits per heavy atom. The third-order valence-electron chi connectivity index (χ3n) is 2.70. The molecule has 0 aliphatic heterocycles. The standard InChI is InChI=1S/C10H13N2O.Li.H2O/c13-7-9-6-12(8-11-9)10-4-2-1-3-5-10;;/h6,8,10H,1-5H2;;1H2/q-1;+1;/p-1. The summed E-state index contributed by atoms with van der Waals surface area (Å²) in [5.41, 5.74) is 0.422. The smallest absolute Gasteiger partial charge is 0.870 e. The van der Waals surface area contributed by atoms with Crippen molar-refractivity contribution in [2.45, 2.75) is 38.1 Å². The van der Waals surface area contributed by atoms with Gasteiger partial charge in [0.25, 0.3) is 0 Å². The van der Waals surface area contributed by atoms with E-state index in [0.29, 0.717) is 11.7 Å². The molecule has 5 heteroatoms. The van der Waals surface area contributed by atoms with E-state index < -0.39 is 0 Å². The van der Waals surface area contributed by atoms with E-state index in [2.05, 4.69) is 9.55 Å². The summed E-state index contributed by atoms with van der Waals surface area (Å²) >= 11 is 0. The molecule has 0 amide bonds. The summed E-state index contributed by atoms with van der Waals surface area (Å²) in [7, 11) is 0. The maximum Gasteiger partial charge on any atom is 1.00 e. The first-order valence-electron chi connectivity index (χ1n) is 4.82.